The smallest absolute Gasteiger partial charge is 0.119 e. The second kappa shape index (κ2) is 9.37. The Hall–Kier alpha value is -1.14. The van der Waals surface area contributed by atoms with Gasteiger partial charge in [0.05, 0.1) is 6.61 Å². The molecule has 0 unspecified atom stereocenters. The first kappa shape index (κ1) is 19.2. The molecule has 2 rings (SSSR count). The van der Waals surface area contributed by atoms with E-state index in [0.717, 1.165) is 38.5 Å². The Kier molecular flexibility index (Phi) is 7.49. The molecular weight excluding hydrogens is 304 g/mol. The van der Waals surface area contributed by atoms with Gasteiger partial charge in [-0.25, -0.2) is 0 Å². The second-order valence-electron chi connectivity index (χ2n) is 7.00. The average Bonchev–Trinajstić information content (AvgIpc) is 2.55. The number of hydrogen-bond acceptors (Lipinski definition) is 5. The Morgan fingerprint density at radius 3 is 2.38 bits per heavy atom. The van der Waals surface area contributed by atoms with E-state index in [1.807, 2.05) is 6.07 Å². The van der Waals surface area contributed by atoms with Gasteiger partial charge in [0.2, 0.25) is 0 Å². The lowest BCUT2D eigenvalue weighted by Gasteiger charge is -2.35. The van der Waals surface area contributed by atoms with Gasteiger partial charge in [-0.3, -0.25) is 9.80 Å². The van der Waals surface area contributed by atoms with Crippen molar-refractivity contribution >= 4 is 0 Å². The van der Waals surface area contributed by atoms with Crippen molar-refractivity contribution in [2.75, 3.05) is 52.5 Å². The van der Waals surface area contributed by atoms with Gasteiger partial charge in [0.1, 0.15) is 18.5 Å². The standard InChI is InChI=1S/C19H32N2O3/c1-15(2)19-5-4-18(12-16(19)3)24-14-17(23)13-21-8-6-20(7-9-21)10-11-22/h4-5,12,15,17,22-23H,6-11,13-14H2,1-3H3/t17-/m1/s1. The molecule has 1 fully saturated rings. The minimum atomic E-state index is -0.487. The summed E-state index contributed by atoms with van der Waals surface area (Å²) >= 11 is 0. The first-order chi connectivity index (χ1) is 11.5. The molecule has 0 bridgehead atoms. The number of aliphatic hydroxyl groups is 2. The summed E-state index contributed by atoms with van der Waals surface area (Å²) in [6.07, 6.45) is -0.487. The molecule has 24 heavy (non-hydrogen) atoms. The fraction of sp³-hybridized carbons (Fsp3) is 0.684. The van der Waals surface area contributed by atoms with E-state index in [0.29, 0.717) is 19.1 Å². The van der Waals surface area contributed by atoms with Crippen molar-refractivity contribution in [2.24, 2.45) is 0 Å². The van der Waals surface area contributed by atoms with Crippen LogP contribution < -0.4 is 4.74 Å². The van der Waals surface area contributed by atoms with Crippen molar-refractivity contribution in [3.63, 3.8) is 0 Å². The van der Waals surface area contributed by atoms with E-state index in [9.17, 15) is 5.11 Å². The molecule has 0 radical (unpaired) electrons. The molecule has 1 atom stereocenters. The van der Waals surface area contributed by atoms with E-state index in [2.05, 4.69) is 42.7 Å². The topological polar surface area (TPSA) is 56.2 Å². The van der Waals surface area contributed by atoms with Gasteiger partial charge in [0.15, 0.2) is 0 Å². The summed E-state index contributed by atoms with van der Waals surface area (Å²) < 4.78 is 5.76. The fourth-order valence-corrected chi connectivity index (χ4v) is 3.27. The predicted octanol–water partition coefficient (Wildman–Crippen LogP) is 1.47. The van der Waals surface area contributed by atoms with Gasteiger partial charge in [-0.2, -0.15) is 0 Å². The monoisotopic (exact) mass is 336 g/mol. The van der Waals surface area contributed by atoms with E-state index in [4.69, 9.17) is 9.84 Å². The Balaban J connectivity index is 1.73. The lowest BCUT2D eigenvalue weighted by molar-refractivity contribution is 0.0428. The van der Waals surface area contributed by atoms with Crippen molar-refractivity contribution in [2.45, 2.75) is 32.8 Å². The summed E-state index contributed by atoms with van der Waals surface area (Å²) in [5.41, 5.74) is 2.57. The fourth-order valence-electron chi connectivity index (χ4n) is 3.27. The Morgan fingerprint density at radius 1 is 1.12 bits per heavy atom. The lowest BCUT2D eigenvalue weighted by atomic mass is 9.98. The zero-order valence-electron chi connectivity index (χ0n) is 15.2. The summed E-state index contributed by atoms with van der Waals surface area (Å²) in [6, 6.07) is 6.15. The third-order valence-electron chi connectivity index (χ3n) is 4.66. The Morgan fingerprint density at radius 2 is 1.79 bits per heavy atom. The van der Waals surface area contributed by atoms with Gasteiger partial charge < -0.3 is 14.9 Å². The first-order valence-corrected chi connectivity index (χ1v) is 8.96. The van der Waals surface area contributed by atoms with Crippen molar-refractivity contribution in [1.29, 1.82) is 0 Å². The third kappa shape index (κ3) is 5.74. The molecule has 5 heteroatoms. The van der Waals surface area contributed by atoms with Crippen LogP contribution in [0.1, 0.15) is 30.9 Å². The number of nitrogens with zero attached hydrogens (tertiary/aromatic N) is 2. The molecule has 1 aliphatic heterocycles. The zero-order valence-corrected chi connectivity index (χ0v) is 15.2. The number of aliphatic hydroxyl groups excluding tert-OH is 2. The number of ether oxygens (including phenoxy) is 1. The van der Waals surface area contributed by atoms with Gasteiger partial charge in [-0.15, -0.1) is 0 Å². The van der Waals surface area contributed by atoms with Crippen LogP contribution in [0, 0.1) is 6.92 Å². The molecule has 0 saturated carbocycles. The summed E-state index contributed by atoms with van der Waals surface area (Å²) in [4.78, 5) is 4.51. The molecule has 1 heterocycles. The molecule has 0 aromatic heterocycles. The van der Waals surface area contributed by atoms with Gasteiger partial charge in [0.25, 0.3) is 0 Å². The highest BCUT2D eigenvalue weighted by Gasteiger charge is 2.19. The number of hydrogen-bond donors (Lipinski definition) is 2. The van der Waals surface area contributed by atoms with E-state index in [1.54, 1.807) is 0 Å². The van der Waals surface area contributed by atoms with Crippen LogP contribution in [0.3, 0.4) is 0 Å². The number of benzene rings is 1. The maximum Gasteiger partial charge on any atom is 0.119 e. The summed E-state index contributed by atoms with van der Waals surface area (Å²) in [6.45, 7) is 12.1. The summed E-state index contributed by atoms with van der Waals surface area (Å²) in [7, 11) is 0. The van der Waals surface area contributed by atoms with E-state index < -0.39 is 6.10 Å². The molecule has 1 aromatic rings. The largest absolute Gasteiger partial charge is 0.491 e. The van der Waals surface area contributed by atoms with Gasteiger partial charge in [-0.1, -0.05) is 19.9 Å². The SMILES string of the molecule is Cc1cc(OC[C@H](O)CN2CCN(CCO)CC2)ccc1C(C)C. The van der Waals surface area contributed by atoms with Gasteiger partial charge in [0, 0.05) is 39.3 Å². The normalized spacial score (nSPS) is 18.1. The highest BCUT2D eigenvalue weighted by Crippen LogP contribution is 2.23. The first-order valence-electron chi connectivity index (χ1n) is 8.96. The minimum absolute atomic E-state index is 0.214. The number of rotatable bonds is 8. The van der Waals surface area contributed by atoms with Crippen molar-refractivity contribution < 1.29 is 14.9 Å². The van der Waals surface area contributed by atoms with E-state index in [1.165, 1.54) is 11.1 Å². The van der Waals surface area contributed by atoms with Crippen LogP contribution in [0.15, 0.2) is 18.2 Å². The van der Waals surface area contributed by atoms with E-state index >= 15 is 0 Å². The Bertz CT molecular complexity index is 499. The van der Waals surface area contributed by atoms with Crippen LogP contribution in [0.25, 0.3) is 0 Å². The van der Waals surface area contributed by atoms with Crippen LogP contribution in [0.4, 0.5) is 0 Å². The number of aryl methyl sites for hydroxylation is 1. The van der Waals surface area contributed by atoms with Crippen LogP contribution in [0.5, 0.6) is 5.75 Å². The number of piperazine rings is 1. The molecule has 1 aliphatic rings. The molecule has 0 amide bonds. The molecule has 0 spiro atoms. The molecule has 1 saturated heterocycles. The molecule has 2 N–H and O–H groups in total. The molecule has 1 aromatic carbocycles. The van der Waals surface area contributed by atoms with Crippen molar-refractivity contribution in [3.05, 3.63) is 29.3 Å². The minimum Gasteiger partial charge on any atom is -0.491 e. The van der Waals surface area contributed by atoms with Crippen LogP contribution >= 0.6 is 0 Å². The highest BCUT2D eigenvalue weighted by atomic mass is 16.5. The van der Waals surface area contributed by atoms with Crippen molar-refractivity contribution in [3.8, 4) is 5.75 Å². The van der Waals surface area contributed by atoms with E-state index in [-0.39, 0.29) is 6.61 Å². The second-order valence-corrected chi connectivity index (χ2v) is 7.00. The maximum atomic E-state index is 10.2. The average molecular weight is 336 g/mol. The molecule has 136 valence electrons. The summed E-state index contributed by atoms with van der Waals surface area (Å²) in [5, 5.41) is 19.2. The highest BCUT2D eigenvalue weighted by molar-refractivity contribution is 5.36. The van der Waals surface area contributed by atoms with Crippen LogP contribution in [-0.2, 0) is 0 Å². The zero-order chi connectivity index (χ0) is 17.5. The molecule has 0 aliphatic carbocycles. The third-order valence-corrected chi connectivity index (χ3v) is 4.66. The lowest BCUT2D eigenvalue weighted by Crippen LogP contribution is -2.49. The summed E-state index contributed by atoms with van der Waals surface area (Å²) in [5.74, 6) is 1.33. The van der Waals surface area contributed by atoms with Crippen LogP contribution in [-0.4, -0.2) is 78.6 Å². The molecule has 5 nitrogen and oxygen atoms in total. The Labute approximate surface area is 145 Å². The van der Waals surface area contributed by atoms with Gasteiger partial charge in [-0.05, 0) is 36.1 Å². The van der Waals surface area contributed by atoms with Gasteiger partial charge >= 0.3 is 0 Å². The quantitative estimate of drug-likeness (QED) is 0.753. The maximum absolute atomic E-state index is 10.2. The number of β-amino-alcohol motifs (C(OH)–C–C–N with tert-alkyl or cyclic N) is 2. The van der Waals surface area contributed by atoms with Crippen LogP contribution in [0.2, 0.25) is 0 Å². The predicted molar refractivity (Wildman–Crippen MR) is 96.7 cm³/mol. The molecular formula is C19H32N2O3. The van der Waals surface area contributed by atoms with Crippen molar-refractivity contribution in [1.82, 2.24) is 9.80 Å².